The van der Waals surface area contributed by atoms with Crippen molar-refractivity contribution >= 4 is 11.1 Å². The molecule has 0 saturated heterocycles. The van der Waals surface area contributed by atoms with Crippen LogP contribution >= 0.6 is 0 Å². The lowest BCUT2D eigenvalue weighted by molar-refractivity contribution is 0.462. The minimum atomic E-state index is 0.0231. The summed E-state index contributed by atoms with van der Waals surface area (Å²) in [5, 5.41) is 9.06. The van der Waals surface area contributed by atoms with E-state index in [1.165, 1.54) is 18.8 Å². The lowest BCUT2D eigenvalue weighted by atomic mass is 10.4. The molecule has 2 aromatic rings. The van der Waals surface area contributed by atoms with Gasteiger partial charge in [-0.2, -0.15) is 0 Å². The van der Waals surface area contributed by atoms with E-state index in [1.54, 1.807) is 0 Å². The topological polar surface area (TPSA) is 59.2 Å². The predicted octanol–water partition coefficient (Wildman–Crippen LogP) is 0.928. The molecule has 2 rings (SSSR count). The maximum Gasteiger partial charge on any atom is 0.199 e. The lowest BCUT2D eigenvalue weighted by Crippen LogP contribution is -1.71. The summed E-state index contributed by atoms with van der Waals surface area (Å²) in [6, 6.07) is 0. The number of nitrogens with zero attached hydrogens (tertiary/aromatic N) is 2. The SMILES string of the molecule is Oc1cncc2ncoc12. The van der Waals surface area contributed by atoms with E-state index in [0.29, 0.717) is 11.1 Å². The molecule has 50 valence electrons. The molecule has 2 aromatic heterocycles. The van der Waals surface area contributed by atoms with Crippen molar-refractivity contribution in [3.05, 3.63) is 18.8 Å². The first-order valence-corrected chi connectivity index (χ1v) is 2.74. The van der Waals surface area contributed by atoms with Crippen molar-refractivity contribution < 1.29 is 9.52 Å². The van der Waals surface area contributed by atoms with Gasteiger partial charge in [0.1, 0.15) is 5.52 Å². The van der Waals surface area contributed by atoms with E-state index in [-0.39, 0.29) is 5.75 Å². The monoisotopic (exact) mass is 136 g/mol. The summed E-state index contributed by atoms with van der Waals surface area (Å²) in [5.74, 6) is 0.0231. The van der Waals surface area contributed by atoms with Crippen LogP contribution in [0.3, 0.4) is 0 Å². The molecule has 0 radical (unpaired) electrons. The molecule has 0 unspecified atom stereocenters. The Labute approximate surface area is 56.1 Å². The summed E-state index contributed by atoms with van der Waals surface area (Å²) in [5.41, 5.74) is 0.954. The minimum Gasteiger partial charge on any atom is -0.503 e. The highest BCUT2D eigenvalue weighted by atomic mass is 16.4. The van der Waals surface area contributed by atoms with Crippen LogP contribution in [-0.4, -0.2) is 15.1 Å². The first-order chi connectivity index (χ1) is 4.88. The molecule has 0 fully saturated rings. The Kier molecular flexibility index (Phi) is 0.887. The van der Waals surface area contributed by atoms with Crippen molar-refractivity contribution in [1.82, 2.24) is 9.97 Å². The van der Waals surface area contributed by atoms with Crippen LogP contribution in [0.1, 0.15) is 0 Å². The van der Waals surface area contributed by atoms with Gasteiger partial charge >= 0.3 is 0 Å². The second-order valence-corrected chi connectivity index (χ2v) is 1.86. The third kappa shape index (κ3) is 0.556. The maximum atomic E-state index is 9.06. The molecule has 0 aliphatic carbocycles. The second-order valence-electron chi connectivity index (χ2n) is 1.86. The van der Waals surface area contributed by atoms with Gasteiger partial charge in [-0.15, -0.1) is 0 Å². The Morgan fingerprint density at radius 3 is 3.10 bits per heavy atom. The fourth-order valence-electron chi connectivity index (χ4n) is 0.775. The van der Waals surface area contributed by atoms with Crippen LogP contribution in [0.25, 0.3) is 11.1 Å². The molecule has 0 amide bonds. The van der Waals surface area contributed by atoms with Gasteiger partial charge in [0, 0.05) is 0 Å². The summed E-state index contributed by atoms with van der Waals surface area (Å²) >= 11 is 0. The molecule has 0 atom stereocenters. The normalized spacial score (nSPS) is 10.4. The smallest absolute Gasteiger partial charge is 0.199 e. The summed E-state index contributed by atoms with van der Waals surface area (Å²) in [6.45, 7) is 0. The largest absolute Gasteiger partial charge is 0.503 e. The average molecular weight is 136 g/mol. The number of pyridine rings is 1. The molecule has 4 heteroatoms. The molecule has 0 bridgehead atoms. The van der Waals surface area contributed by atoms with Crippen LogP contribution in [0.5, 0.6) is 5.75 Å². The van der Waals surface area contributed by atoms with Crippen LogP contribution in [0.4, 0.5) is 0 Å². The zero-order chi connectivity index (χ0) is 6.97. The van der Waals surface area contributed by atoms with E-state index < -0.39 is 0 Å². The van der Waals surface area contributed by atoms with Gasteiger partial charge in [-0.25, -0.2) is 4.98 Å². The van der Waals surface area contributed by atoms with E-state index in [1.807, 2.05) is 0 Å². The molecule has 0 saturated carbocycles. The fraction of sp³-hybridized carbons (Fsp3) is 0. The molecule has 10 heavy (non-hydrogen) atoms. The van der Waals surface area contributed by atoms with E-state index >= 15 is 0 Å². The second kappa shape index (κ2) is 1.70. The predicted molar refractivity (Wildman–Crippen MR) is 33.5 cm³/mol. The Morgan fingerprint density at radius 2 is 2.30 bits per heavy atom. The number of hydrogen-bond acceptors (Lipinski definition) is 4. The Balaban J connectivity index is 2.95. The number of aromatic nitrogens is 2. The molecule has 0 aliphatic rings. The van der Waals surface area contributed by atoms with Crippen LogP contribution in [-0.2, 0) is 0 Å². The van der Waals surface area contributed by atoms with Crippen LogP contribution in [0.2, 0.25) is 0 Å². The van der Waals surface area contributed by atoms with Crippen LogP contribution < -0.4 is 0 Å². The molecule has 2 heterocycles. The number of oxazole rings is 1. The summed E-state index contributed by atoms with van der Waals surface area (Å²) < 4.78 is 4.85. The number of aromatic hydroxyl groups is 1. The zero-order valence-electron chi connectivity index (χ0n) is 4.98. The number of hydrogen-bond donors (Lipinski definition) is 1. The quantitative estimate of drug-likeness (QED) is 0.585. The number of fused-ring (bicyclic) bond motifs is 1. The molecule has 0 aliphatic heterocycles. The molecule has 1 N–H and O–H groups in total. The third-order valence-electron chi connectivity index (χ3n) is 1.22. The minimum absolute atomic E-state index is 0.0231. The van der Waals surface area contributed by atoms with Crippen molar-refractivity contribution in [3.63, 3.8) is 0 Å². The van der Waals surface area contributed by atoms with Gasteiger partial charge in [-0.05, 0) is 0 Å². The Hall–Kier alpha value is -1.58. The Bertz CT molecular complexity index is 355. The van der Waals surface area contributed by atoms with Crippen LogP contribution in [0.15, 0.2) is 23.2 Å². The maximum absolute atomic E-state index is 9.06. The lowest BCUT2D eigenvalue weighted by Gasteiger charge is -1.87. The van der Waals surface area contributed by atoms with E-state index in [9.17, 15) is 0 Å². The summed E-state index contributed by atoms with van der Waals surface area (Å²) in [6.07, 6.45) is 4.11. The van der Waals surface area contributed by atoms with Crippen molar-refractivity contribution in [2.45, 2.75) is 0 Å². The van der Waals surface area contributed by atoms with Gasteiger partial charge in [0.05, 0.1) is 12.4 Å². The van der Waals surface area contributed by atoms with Gasteiger partial charge in [-0.3, -0.25) is 4.98 Å². The van der Waals surface area contributed by atoms with Gasteiger partial charge in [0.15, 0.2) is 17.7 Å². The standard InChI is InChI=1S/C6H4N2O2/c9-5-2-7-1-4-6(5)10-3-8-4/h1-3,9H. The van der Waals surface area contributed by atoms with Crippen molar-refractivity contribution in [1.29, 1.82) is 0 Å². The van der Waals surface area contributed by atoms with Gasteiger partial charge < -0.3 is 9.52 Å². The first kappa shape index (κ1) is 5.22. The van der Waals surface area contributed by atoms with Crippen LogP contribution in [0, 0.1) is 0 Å². The molecule has 0 spiro atoms. The molecular weight excluding hydrogens is 132 g/mol. The van der Waals surface area contributed by atoms with E-state index in [4.69, 9.17) is 9.52 Å². The van der Waals surface area contributed by atoms with Crippen molar-refractivity contribution in [2.24, 2.45) is 0 Å². The third-order valence-corrected chi connectivity index (χ3v) is 1.22. The first-order valence-electron chi connectivity index (χ1n) is 2.74. The Morgan fingerprint density at radius 1 is 1.40 bits per heavy atom. The van der Waals surface area contributed by atoms with Gasteiger partial charge in [-0.1, -0.05) is 0 Å². The summed E-state index contributed by atoms with van der Waals surface area (Å²) in [7, 11) is 0. The molecule has 0 aromatic carbocycles. The molecule has 4 nitrogen and oxygen atoms in total. The zero-order valence-corrected chi connectivity index (χ0v) is 4.98. The van der Waals surface area contributed by atoms with E-state index in [0.717, 1.165) is 0 Å². The highest BCUT2D eigenvalue weighted by Gasteiger charge is 2.01. The van der Waals surface area contributed by atoms with Gasteiger partial charge in [0.25, 0.3) is 0 Å². The van der Waals surface area contributed by atoms with E-state index in [2.05, 4.69) is 9.97 Å². The van der Waals surface area contributed by atoms with Gasteiger partial charge in [0.2, 0.25) is 0 Å². The highest BCUT2D eigenvalue weighted by Crippen LogP contribution is 2.20. The molecular formula is C6H4N2O2. The highest BCUT2D eigenvalue weighted by molar-refractivity contribution is 5.76. The fourth-order valence-corrected chi connectivity index (χ4v) is 0.775. The van der Waals surface area contributed by atoms with Crippen molar-refractivity contribution in [2.75, 3.05) is 0 Å². The summed E-state index contributed by atoms with van der Waals surface area (Å²) in [4.78, 5) is 7.50. The number of rotatable bonds is 0. The van der Waals surface area contributed by atoms with Crippen molar-refractivity contribution in [3.8, 4) is 5.75 Å². The average Bonchev–Trinajstić information content (AvgIpc) is 2.36.